The standard InChI is InChI=1S/C23H27N3OS/c1-16-5-6-21(27)19(13-16)20-14-18(23-17(2)7-12-28-23)15-22(25-20)24-8-11-26-9-3-4-10-26/h5-7,12-15,27H,3-4,8-11H2,1-2H3,(H,24,25). The summed E-state index contributed by atoms with van der Waals surface area (Å²) < 4.78 is 0. The normalized spacial score (nSPS) is 14.5. The minimum absolute atomic E-state index is 0.265. The van der Waals surface area contributed by atoms with Crippen LogP contribution in [-0.4, -0.2) is 41.2 Å². The number of likely N-dealkylation sites (tertiary alicyclic amines) is 1. The van der Waals surface area contributed by atoms with Crippen LogP contribution in [0, 0.1) is 13.8 Å². The Morgan fingerprint density at radius 3 is 2.68 bits per heavy atom. The Morgan fingerprint density at radius 1 is 1.11 bits per heavy atom. The first kappa shape index (κ1) is 19.0. The predicted molar refractivity (Wildman–Crippen MR) is 118 cm³/mol. The fraction of sp³-hybridized carbons (Fsp3) is 0.348. The number of nitrogens with zero attached hydrogens (tertiary/aromatic N) is 2. The summed E-state index contributed by atoms with van der Waals surface area (Å²) in [5, 5.41) is 16.0. The second-order valence-electron chi connectivity index (χ2n) is 7.56. The van der Waals surface area contributed by atoms with Gasteiger partial charge in [0.25, 0.3) is 0 Å². The van der Waals surface area contributed by atoms with Crippen LogP contribution in [0.25, 0.3) is 21.7 Å². The fourth-order valence-electron chi connectivity index (χ4n) is 3.76. The van der Waals surface area contributed by atoms with Gasteiger partial charge in [0, 0.05) is 23.5 Å². The van der Waals surface area contributed by atoms with Gasteiger partial charge < -0.3 is 15.3 Å². The number of anilines is 1. The van der Waals surface area contributed by atoms with Gasteiger partial charge in [-0.05, 0) is 86.6 Å². The smallest absolute Gasteiger partial charge is 0.127 e. The Kier molecular flexibility index (Phi) is 5.64. The molecule has 4 rings (SSSR count). The van der Waals surface area contributed by atoms with Crippen LogP contribution in [0.5, 0.6) is 5.75 Å². The molecule has 4 nitrogen and oxygen atoms in total. The Balaban J connectivity index is 1.66. The molecule has 0 atom stereocenters. The van der Waals surface area contributed by atoms with Gasteiger partial charge in [0.1, 0.15) is 11.6 Å². The number of nitrogens with one attached hydrogen (secondary N) is 1. The van der Waals surface area contributed by atoms with Gasteiger partial charge in [-0.1, -0.05) is 11.6 Å². The average molecular weight is 394 g/mol. The van der Waals surface area contributed by atoms with Gasteiger partial charge >= 0.3 is 0 Å². The lowest BCUT2D eigenvalue weighted by Gasteiger charge is -2.16. The molecule has 0 aliphatic carbocycles. The number of benzene rings is 1. The van der Waals surface area contributed by atoms with E-state index in [0.29, 0.717) is 0 Å². The van der Waals surface area contributed by atoms with Crippen molar-refractivity contribution in [1.82, 2.24) is 9.88 Å². The highest BCUT2D eigenvalue weighted by atomic mass is 32.1. The molecule has 146 valence electrons. The molecule has 1 aliphatic rings. The van der Waals surface area contributed by atoms with Gasteiger partial charge in [0.2, 0.25) is 0 Å². The maximum absolute atomic E-state index is 10.4. The predicted octanol–water partition coefficient (Wildman–Crippen LogP) is 5.31. The van der Waals surface area contributed by atoms with Gasteiger partial charge in [-0.15, -0.1) is 11.3 Å². The van der Waals surface area contributed by atoms with E-state index in [0.717, 1.165) is 41.3 Å². The Hall–Kier alpha value is -2.37. The van der Waals surface area contributed by atoms with Crippen LogP contribution in [0.1, 0.15) is 24.0 Å². The molecule has 0 radical (unpaired) electrons. The number of phenolic OH excluding ortho intramolecular Hbond substituents is 1. The fourth-order valence-corrected chi connectivity index (χ4v) is 4.68. The van der Waals surface area contributed by atoms with E-state index >= 15 is 0 Å². The zero-order chi connectivity index (χ0) is 19.5. The summed E-state index contributed by atoms with van der Waals surface area (Å²) >= 11 is 1.74. The van der Waals surface area contributed by atoms with Gasteiger partial charge in [0.05, 0.1) is 5.69 Å². The van der Waals surface area contributed by atoms with E-state index in [1.54, 1.807) is 17.4 Å². The second-order valence-corrected chi connectivity index (χ2v) is 8.47. The molecule has 2 aromatic heterocycles. The van der Waals surface area contributed by atoms with Crippen LogP contribution in [-0.2, 0) is 0 Å². The van der Waals surface area contributed by atoms with Gasteiger partial charge in [-0.3, -0.25) is 0 Å². The Morgan fingerprint density at radius 2 is 1.93 bits per heavy atom. The number of thiophene rings is 1. The lowest BCUT2D eigenvalue weighted by atomic mass is 10.0. The lowest BCUT2D eigenvalue weighted by Crippen LogP contribution is -2.26. The molecule has 28 heavy (non-hydrogen) atoms. The monoisotopic (exact) mass is 393 g/mol. The summed E-state index contributed by atoms with van der Waals surface area (Å²) in [6.07, 6.45) is 2.62. The van der Waals surface area contributed by atoms with Gasteiger partial charge in [0.15, 0.2) is 0 Å². The van der Waals surface area contributed by atoms with Crippen molar-refractivity contribution in [2.45, 2.75) is 26.7 Å². The van der Waals surface area contributed by atoms with Crippen LogP contribution in [0.2, 0.25) is 0 Å². The minimum atomic E-state index is 0.265. The number of hydrogen-bond donors (Lipinski definition) is 2. The van der Waals surface area contributed by atoms with Crippen molar-refractivity contribution in [3.8, 4) is 27.4 Å². The van der Waals surface area contributed by atoms with E-state index in [9.17, 15) is 5.11 Å². The molecule has 3 heterocycles. The van der Waals surface area contributed by atoms with Crippen molar-refractivity contribution in [1.29, 1.82) is 0 Å². The van der Waals surface area contributed by atoms with E-state index in [1.807, 2.05) is 19.1 Å². The van der Waals surface area contributed by atoms with E-state index in [2.05, 4.69) is 40.7 Å². The molecule has 2 N–H and O–H groups in total. The molecule has 1 fully saturated rings. The molecule has 0 unspecified atom stereocenters. The maximum Gasteiger partial charge on any atom is 0.127 e. The van der Waals surface area contributed by atoms with Crippen LogP contribution >= 0.6 is 11.3 Å². The molecule has 1 saturated heterocycles. The molecule has 1 aromatic carbocycles. The number of aromatic nitrogens is 1. The summed E-state index contributed by atoms with van der Waals surface area (Å²) in [6, 6.07) is 12.0. The van der Waals surface area contributed by atoms with Crippen molar-refractivity contribution in [3.63, 3.8) is 0 Å². The summed E-state index contributed by atoms with van der Waals surface area (Å²) in [5.74, 6) is 1.13. The SMILES string of the molecule is Cc1ccc(O)c(-c2cc(-c3sccc3C)cc(NCCN3CCCC3)n2)c1. The third-order valence-electron chi connectivity index (χ3n) is 5.31. The third-order valence-corrected chi connectivity index (χ3v) is 6.38. The molecule has 0 bridgehead atoms. The van der Waals surface area contributed by atoms with E-state index in [4.69, 9.17) is 4.98 Å². The highest BCUT2D eigenvalue weighted by molar-refractivity contribution is 7.13. The van der Waals surface area contributed by atoms with Gasteiger partial charge in [-0.25, -0.2) is 4.98 Å². The molecule has 0 saturated carbocycles. The van der Waals surface area contributed by atoms with Crippen LogP contribution in [0.3, 0.4) is 0 Å². The van der Waals surface area contributed by atoms with Crippen molar-refractivity contribution in [2.24, 2.45) is 0 Å². The first-order valence-corrected chi connectivity index (χ1v) is 10.8. The zero-order valence-electron chi connectivity index (χ0n) is 16.5. The Bertz CT molecular complexity index is 960. The quantitative estimate of drug-likeness (QED) is 0.596. The van der Waals surface area contributed by atoms with Crippen molar-refractivity contribution >= 4 is 17.2 Å². The largest absolute Gasteiger partial charge is 0.507 e. The third kappa shape index (κ3) is 4.21. The molecule has 1 aliphatic heterocycles. The highest BCUT2D eigenvalue weighted by Crippen LogP contribution is 2.36. The van der Waals surface area contributed by atoms with Crippen LogP contribution in [0.4, 0.5) is 5.82 Å². The topological polar surface area (TPSA) is 48.4 Å². The number of hydrogen-bond acceptors (Lipinski definition) is 5. The van der Waals surface area contributed by atoms with Crippen LogP contribution < -0.4 is 5.32 Å². The molecular weight excluding hydrogens is 366 g/mol. The van der Waals surface area contributed by atoms with Crippen LogP contribution in [0.15, 0.2) is 41.8 Å². The summed E-state index contributed by atoms with van der Waals surface area (Å²) in [7, 11) is 0. The summed E-state index contributed by atoms with van der Waals surface area (Å²) in [6.45, 7) is 8.48. The molecule has 0 spiro atoms. The van der Waals surface area contributed by atoms with Crippen molar-refractivity contribution in [3.05, 3.63) is 52.9 Å². The van der Waals surface area contributed by atoms with E-state index in [-0.39, 0.29) is 5.75 Å². The number of phenols is 1. The molecule has 3 aromatic rings. The van der Waals surface area contributed by atoms with Crippen molar-refractivity contribution < 1.29 is 5.11 Å². The number of aryl methyl sites for hydroxylation is 2. The lowest BCUT2D eigenvalue weighted by molar-refractivity contribution is 0.352. The van der Waals surface area contributed by atoms with E-state index in [1.165, 1.54) is 36.4 Å². The minimum Gasteiger partial charge on any atom is -0.507 e. The Labute approximate surface area is 170 Å². The second kappa shape index (κ2) is 8.33. The first-order chi connectivity index (χ1) is 13.6. The molecule has 0 amide bonds. The zero-order valence-corrected chi connectivity index (χ0v) is 17.4. The van der Waals surface area contributed by atoms with Crippen molar-refractivity contribution in [2.75, 3.05) is 31.5 Å². The first-order valence-electron chi connectivity index (χ1n) is 9.93. The maximum atomic E-state index is 10.4. The van der Waals surface area contributed by atoms with E-state index < -0.39 is 0 Å². The van der Waals surface area contributed by atoms with Gasteiger partial charge in [-0.2, -0.15) is 0 Å². The molecular formula is C23H27N3OS. The highest BCUT2D eigenvalue weighted by Gasteiger charge is 2.14. The number of pyridine rings is 1. The number of aromatic hydroxyl groups is 1. The summed E-state index contributed by atoms with van der Waals surface area (Å²) in [4.78, 5) is 8.57. The number of rotatable bonds is 6. The molecule has 5 heteroatoms. The summed E-state index contributed by atoms with van der Waals surface area (Å²) in [5.41, 5.74) is 5.09. The average Bonchev–Trinajstić information content (AvgIpc) is 3.35.